The molecule has 0 radical (unpaired) electrons. The number of imide groups is 1. The third-order valence-corrected chi connectivity index (χ3v) is 7.03. The number of likely N-dealkylation sites (tertiary alicyclic amines) is 1. The van der Waals surface area contributed by atoms with Crippen molar-refractivity contribution in [3.63, 3.8) is 0 Å². The molecular formula is C28H25FN2O3. The lowest BCUT2D eigenvalue weighted by Gasteiger charge is -2.33. The monoisotopic (exact) mass is 456 g/mol. The summed E-state index contributed by atoms with van der Waals surface area (Å²) in [7, 11) is 0. The van der Waals surface area contributed by atoms with Crippen molar-refractivity contribution < 1.29 is 18.8 Å². The standard InChI is InChI=1S/C28H25FN2O3/c1-2-30-24(32)16-22(26(30)33)28(17-19-10-5-3-6-11-19)21-14-9-15-23(29)25(21)31(27(28)34)18-20-12-7-4-8-13-20/h3-15,22H,2,16-18H2,1H3/t22-,28+/m0/s1. The van der Waals surface area contributed by atoms with Crippen molar-refractivity contribution in [2.45, 2.75) is 31.7 Å². The highest BCUT2D eigenvalue weighted by atomic mass is 19.1. The van der Waals surface area contributed by atoms with E-state index >= 15 is 4.39 Å². The molecule has 0 unspecified atom stereocenters. The van der Waals surface area contributed by atoms with Crippen molar-refractivity contribution in [2.75, 3.05) is 11.4 Å². The number of carbonyl (C=O) groups excluding carboxylic acids is 3. The number of fused-ring (bicyclic) bond motifs is 1. The van der Waals surface area contributed by atoms with Gasteiger partial charge in [-0.1, -0.05) is 72.8 Å². The first-order valence-electron chi connectivity index (χ1n) is 11.5. The molecule has 1 saturated heterocycles. The fourth-order valence-corrected chi connectivity index (χ4v) is 5.47. The number of nitrogens with zero attached hydrogens (tertiary/aromatic N) is 2. The van der Waals surface area contributed by atoms with Crippen molar-refractivity contribution in [1.29, 1.82) is 0 Å². The van der Waals surface area contributed by atoms with Crippen molar-refractivity contribution in [3.05, 3.63) is 101 Å². The molecule has 3 amide bonds. The van der Waals surface area contributed by atoms with E-state index in [1.165, 1.54) is 15.9 Å². The maximum atomic E-state index is 15.3. The number of rotatable bonds is 6. The van der Waals surface area contributed by atoms with Gasteiger partial charge in [0.25, 0.3) is 0 Å². The smallest absolute Gasteiger partial charge is 0.239 e. The molecule has 0 N–H and O–H groups in total. The van der Waals surface area contributed by atoms with Crippen LogP contribution in [0.15, 0.2) is 78.9 Å². The maximum Gasteiger partial charge on any atom is 0.239 e. The fraction of sp³-hybridized carbons (Fsp3) is 0.250. The van der Waals surface area contributed by atoms with E-state index < -0.39 is 17.2 Å². The number of halogens is 1. The molecule has 0 aliphatic carbocycles. The summed E-state index contributed by atoms with van der Waals surface area (Å²) in [4.78, 5) is 43.2. The first-order chi connectivity index (χ1) is 16.5. The summed E-state index contributed by atoms with van der Waals surface area (Å²) in [5.41, 5.74) is 1.00. The zero-order valence-electron chi connectivity index (χ0n) is 18.9. The van der Waals surface area contributed by atoms with E-state index in [-0.39, 0.29) is 49.3 Å². The lowest BCUT2D eigenvalue weighted by molar-refractivity contribution is -0.141. The van der Waals surface area contributed by atoms with Crippen LogP contribution in [0.5, 0.6) is 0 Å². The Morgan fingerprint density at radius 2 is 1.50 bits per heavy atom. The summed E-state index contributed by atoms with van der Waals surface area (Å²) >= 11 is 0. The van der Waals surface area contributed by atoms with Gasteiger partial charge >= 0.3 is 0 Å². The first-order valence-corrected chi connectivity index (χ1v) is 11.5. The Balaban J connectivity index is 1.71. The zero-order valence-corrected chi connectivity index (χ0v) is 18.9. The minimum Gasteiger partial charge on any atom is -0.304 e. The topological polar surface area (TPSA) is 57.7 Å². The summed E-state index contributed by atoms with van der Waals surface area (Å²) in [6, 6.07) is 23.4. The van der Waals surface area contributed by atoms with Gasteiger partial charge in [0.15, 0.2) is 0 Å². The second-order valence-corrected chi connectivity index (χ2v) is 8.88. The molecule has 0 bridgehead atoms. The third-order valence-electron chi connectivity index (χ3n) is 7.03. The predicted octanol–water partition coefficient (Wildman–Crippen LogP) is 4.25. The van der Waals surface area contributed by atoms with Crippen LogP contribution in [0.1, 0.15) is 30.0 Å². The van der Waals surface area contributed by atoms with Gasteiger partial charge in [-0.05, 0) is 36.1 Å². The Hall–Kier alpha value is -3.80. The summed E-state index contributed by atoms with van der Waals surface area (Å²) in [6.45, 7) is 2.16. The lowest BCUT2D eigenvalue weighted by Crippen LogP contribution is -2.49. The number of hydrogen-bond donors (Lipinski definition) is 0. The Morgan fingerprint density at radius 1 is 0.853 bits per heavy atom. The van der Waals surface area contributed by atoms with Crippen molar-refractivity contribution >= 4 is 23.4 Å². The van der Waals surface area contributed by atoms with E-state index in [0.29, 0.717) is 5.56 Å². The van der Waals surface area contributed by atoms with Gasteiger partial charge < -0.3 is 4.90 Å². The molecule has 0 spiro atoms. The Bertz CT molecular complexity index is 1260. The second-order valence-electron chi connectivity index (χ2n) is 8.88. The SMILES string of the molecule is CCN1C(=O)C[C@H]([C@]2(Cc3ccccc3)C(=O)N(Cc3ccccc3)c3c(F)cccc32)C1=O. The average molecular weight is 457 g/mol. The normalized spacial score (nSPS) is 21.9. The van der Waals surface area contributed by atoms with Gasteiger partial charge in [0.05, 0.1) is 23.6 Å². The van der Waals surface area contributed by atoms with Gasteiger partial charge in [0, 0.05) is 13.0 Å². The number of amides is 3. The van der Waals surface area contributed by atoms with Crippen LogP contribution in [0.25, 0.3) is 0 Å². The van der Waals surface area contributed by atoms with Crippen molar-refractivity contribution in [1.82, 2.24) is 4.90 Å². The largest absolute Gasteiger partial charge is 0.304 e. The molecule has 2 heterocycles. The minimum absolute atomic E-state index is 0.0691. The van der Waals surface area contributed by atoms with Crippen LogP contribution < -0.4 is 4.90 Å². The van der Waals surface area contributed by atoms with Gasteiger partial charge in [0.2, 0.25) is 17.7 Å². The van der Waals surface area contributed by atoms with Gasteiger partial charge in [0.1, 0.15) is 5.82 Å². The van der Waals surface area contributed by atoms with Gasteiger partial charge in [-0.15, -0.1) is 0 Å². The molecular weight excluding hydrogens is 431 g/mol. The molecule has 3 aromatic carbocycles. The van der Waals surface area contributed by atoms with Crippen molar-refractivity contribution in [2.24, 2.45) is 5.92 Å². The fourth-order valence-electron chi connectivity index (χ4n) is 5.47. The van der Waals surface area contributed by atoms with E-state index in [0.717, 1.165) is 11.1 Å². The molecule has 0 saturated carbocycles. The van der Waals surface area contributed by atoms with E-state index in [4.69, 9.17) is 0 Å². The zero-order chi connectivity index (χ0) is 23.9. The van der Waals surface area contributed by atoms with Crippen LogP contribution in [-0.4, -0.2) is 29.2 Å². The summed E-state index contributed by atoms with van der Waals surface area (Å²) in [5, 5.41) is 0. The summed E-state index contributed by atoms with van der Waals surface area (Å²) in [6.07, 6.45) is 0.135. The highest BCUT2D eigenvalue weighted by molar-refractivity contribution is 6.14. The van der Waals surface area contributed by atoms with Gasteiger partial charge in [-0.2, -0.15) is 0 Å². The van der Waals surface area contributed by atoms with Gasteiger partial charge in [-0.3, -0.25) is 19.3 Å². The average Bonchev–Trinajstić information content (AvgIpc) is 3.27. The van der Waals surface area contributed by atoms with Crippen LogP contribution >= 0.6 is 0 Å². The van der Waals surface area contributed by atoms with E-state index in [2.05, 4.69) is 0 Å². The van der Waals surface area contributed by atoms with Crippen LogP contribution in [0.4, 0.5) is 10.1 Å². The highest BCUT2D eigenvalue weighted by Crippen LogP contribution is 2.52. The molecule has 2 atom stereocenters. The van der Waals surface area contributed by atoms with Crippen LogP contribution in [0.2, 0.25) is 0 Å². The molecule has 172 valence electrons. The number of hydrogen-bond acceptors (Lipinski definition) is 3. The third kappa shape index (κ3) is 3.33. The minimum atomic E-state index is -1.37. The predicted molar refractivity (Wildman–Crippen MR) is 126 cm³/mol. The van der Waals surface area contributed by atoms with Gasteiger partial charge in [-0.25, -0.2) is 4.39 Å². The quantitative estimate of drug-likeness (QED) is 0.521. The van der Waals surface area contributed by atoms with Crippen molar-refractivity contribution in [3.8, 4) is 0 Å². The molecule has 2 aliphatic rings. The highest BCUT2D eigenvalue weighted by Gasteiger charge is 2.61. The second kappa shape index (κ2) is 8.52. The molecule has 1 fully saturated rings. The molecule has 0 aromatic heterocycles. The summed E-state index contributed by atoms with van der Waals surface area (Å²) < 4.78 is 15.3. The molecule has 34 heavy (non-hydrogen) atoms. The molecule has 5 rings (SSSR count). The van der Waals surface area contributed by atoms with E-state index in [1.54, 1.807) is 19.1 Å². The Morgan fingerprint density at radius 3 is 2.12 bits per heavy atom. The Kier molecular flexibility index (Phi) is 5.52. The number of para-hydroxylation sites is 1. The number of benzene rings is 3. The van der Waals surface area contributed by atoms with E-state index in [1.807, 2.05) is 60.7 Å². The van der Waals surface area contributed by atoms with Crippen LogP contribution in [-0.2, 0) is 32.8 Å². The first kappa shape index (κ1) is 22.0. The van der Waals surface area contributed by atoms with Crippen LogP contribution in [0, 0.1) is 11.7 Å². The number of anilines is 1. The molecule has 3 aromatic rings. The summed E-state index contributed by atoms with van der Waals surface area (Å²) in [5.74, 6) is -2.41. The Labute approximate surface area is 197 Å². The molecule has 5 nitrogen and oxygen atoms in total. The molecule has 2 aliphatic heterocycles. The lowest BCUT2D eigenvalue weighted by atomic mass is 9.66. The van der Waals surface area contributed by atoms with Crippen LogP contribution in [0.3, 0.4) is 0 Å². The maximum absolute atomic E-state index is 15.3. The van der Waals surface area contributed by atoms with E-state index in [9.17, 15) is 14.4 Å². The number of carbonyl (C=O) groups is 3. The molecule has 6 heteroatoms.